The molecule has 4 rings (SSSR count). The zero-order valence-corrected chi connectivity index (χ0v) is 16.1. The zero-order valence-electron chi connectivity index (χ0n) is 14.6. The topological polar surface area (TPSA) is 71.7 Å². The van der Waals surface area contributed by atoms with Gasteiger partial charge in [0.05, 0.1) is 32.4 Å². The van der Waals surface area contributed by atoms with Gasteiger partial charge in [-0.15, -0.1) is 0 Å². The first-order valence-electron chi connectivity index (χ1n) is 8.37. The molecule has 0 atom stereocenters. The van der Waals surface area contributed by atoms with Crippen LogP contribution in [0.25, 0.3) is 16.8 Å². The average Bonchev–Trinajstić information content (AvgIpc) is 3.11. The lowest BCUT2D eigenvalue weighted by atomic mass is 10.1. The van der Waals surface area contributed by atoms with Gasteiger partial charge < -0.3 is 5.11 Å². The lowest BCUT2D eigenvalue weighted by molar-refractivity contribution is 0.0696. The fourth-order valence-corrected chi connectivity index (χ4v) is 3.57. The predicted molar refractivity (Wildman–Crippen MR) is 107 cm³/mol. The molecule has 0 fully saturated rings. The van der Waals surface area contributed by atoms with Crippen LogP contribution < -0.4 is 0 Å². The average molecular weight is 429 g/mol. The second-order valence-electron chi connectivity index (χ2n) is 6.17. The Kier molecular flexibility index (Phi) is 4.82. The molecule has 144 valence electrons. The van der Waals surface area contributed by atoms with Crippen LogP contribution in [0.3, 0.4) is 0 Å². The van der Waals surface area contributed by atoms with Crippen molar-refractivity contribution < 1.29 is 19.1 Å². The summed E-state index contributed by atoms with van der Waals surface area (Å²) < 4.78 is 15.5. The van der Waals surface area contributed by atoms with E-state index in [0.717, 1.165) is 6.07 Å². The van der Waals surface area contributed by atoms with Gasteiger partial charge in [-0.25, -0.2) is 14.2 Å². The van der Waals surface area contributed by atoms with E-state index in [1.807, 2.05) is 0 Å². The van der Waals surface area contributed by atoms with Crippen molar-refractivity contribution in [3.63, 3.8) is 0 Å². The van der Waals surface area contributed by atoms with Crippen LogP contribution in [0, 0.1) is 5.82 Å². The number of hydrogen-bond acceptors (Lipinski definition) is 3. The molecule has 2 heterocycles. The van der Waals surface area contributed by atoms with Crippen LogP contribution in [0.1, 0.15) is 26.5 Å². The molecule has 1 N–H and O–H groups in total. The first kappa shape index (κ1) is 19.1. The van der Waals surface area contributed by atoms with E-state index >= 15 is 0 Å². The first-order chi connectivity index (χ1) is 13.9. The molecule has 4 aromatic rings. The Morgan fingerprint density at radius 2 is 1.72 bits per heavy atom. The highest BCUT2D eigenvalue weighted by molar-refractivity contribution is 6.40. The summed E-state index contributed by atoms with van der Waals surface area (Å²) in [6.45, 7) is 0. The number of carboxylic acid groups (broad SMARTS) is 1. The number of carbonyl (C=O) groups excluding carboxylic acids is 1. The number of fused-ring (bicyclic) bond motifs is 1. The lowest BCUT2D eigenvalue weighted by Crippen LogP contribution is -2.09. The van der Waals surface area contributed by atoms with Gasteiger partial charge >= 0.3 is 5.97 Å². The lowest BCUT2D eigenvalue weighted by Gasteiger charge is -2.06. The number of imidazole rings is 1. The van der Waals surface area contributed by atoms with Crippen molar-refractivity contribution in [3.05, 3.63) is 93.6 Å². The Morgan fingerprint density at radius 3 is 2.41 bits per heavy atom. The van der Waals surface area contributed by atoms with Crippen LogP contribution >= 0.6 is 23.2 Å². The normalized spacial score (nSPS) is 11.0. The number of rotatable bonds is 4. The number of carboxylic acids is 1. The van der Waals surface area contributed by atoms with Crippen LogP contribution in [-0.2, 0) is 0 Å². The molecule has 2 aromatic carbocycles. The fraction of sp³-hybridized carbons (Fsp3) is 0. The predicted octanol–water partition coefficient (Wildman–Crippen LogP) is 5.38. The molecular formula is C21H11Cl2FN2O3. The molecule has 0 spiro atoms. The second-order valence-corrected chi connectivity index (χ2v) is 6.95. The van der Waals surface area contributed by atoms with Crippen molar-refractivity contribution in [2.24, 2.45) is 0 Å². The highest BCUT2D eigenvalue weighted by atomic mass is 35.5. The van der Waals surface area contributed by atoms with Gasteiger partial charge in [-0.1, -0.05) is 41.4 Å². The summed E-state index contributed by atoms with van der Waals surface area (Å²) >= 11 is 12.1. The Bertz CT molecular complexity index is 1280. The number of halogens is 3. The largest absolute Gasteiger partial charge is 0.478 e. The molecule has 0 saturated heterocycles. The summed E-state index contributed by atoms with van der Waals surface area (Å²) in [5.74, 6) is -2.43. The summed E-state index contributed by atoms with van der Waals surface area (Å²) in [6, 6.07) is 13.7. The minimum Gasteiger partial charge on any atom is -0.478 e. The third-order valence-electron chi connectivity index (χ3n) is 4.43. The minimum absolute atomic E-state index is 0.00677. The van der Waals surface area contributed by atoms with E-state index < -0.39 is 17.6 Å². The molecule has 5 nitrogen and oxygen atoms in total. The van der Waals surface area contributed by atoms with Gasteiger partial charge in [0, 0.05) is 11.8 Å². The van der Waals surface area contributed by atoms with E-state index in [0.29, 0.717) is 16.8 Å². The maximum Gasteiger partial charge on any atom is 0.335 e. The summed E-state index contributed by atoms with van der Waals surface area (Å²) in [7, 11) is 0. The van der Waals surface area contributed by atoms with Crippen LogP contribution in [0.4, 0.5) is 4.39 Å². The summed E-state index contributed by atoms with van der Waals surface area (Å²) in [6.07, 6.45) is 1.64. The standard InChI is InChI=1S/C21H11Cl2FN2O3/c22-13-8-9-14(24)17(23)16(13)19(27)20-25-18(15-3-1-2-10-26(15)20)11-4-6-12(7-5-11)21(28)29/h1-10H,(H,28,29). The highest BCUT2D eigenvalue weighted by Gasteiger charge is 2.25. The monoisotopic (exact) mass is 428 g/mol. The van der Waals surface area contributed by atoms with Crippen molar-refractivity contribution in [3.8, 4) is 11.3 Å². The van der Waals surface area contributed by atoms with Gasteiger partial charge in [-0.05, 0) is 36.4 Å². The van der Waals surface area contributed by atoms with E-state index in [4.69, 9.17) is 28.3 Å². The van der Waals surface area contributed by atoms with Crippen LogP contribution in [0.2, 0.25) is 10.0 Å². The molecule has 0 radical (unpaired) electrons. The minimum atomic E-state index is -1.04. The number of benzene rings is 2. The Labute approximate surface area is 174 Å². The summed E-state index contributed by atoms with van der Waals surface area (Å²) in [5.41, 5.74) is 1.66. The number of hydrogen-bond donors (Lipinski definition) is 1. The van der Waals surface area contributed by atoms with E-state index in [1.165, 1.54) is 18.2 Å². The van der Waals surface area contributed by atoms with Crippen molar-refractivity contribution in [1.29, 1.82) is 0 Å². The molecule has 8 heteroatoms. The number of aromatic carboxylic acids is 1. The molecule has 0 aliphatic carbocycles. The number of nitrogens with zero attached hydrogens (tertiary/aromatic N) is 2. The number of aromatic nitrogens is 2. The molecule has 0 unspecified atom stereocenters. The molecule has 0 aliphatic rings. The third kappa shape index (κ3) is 3.26. The molecule has 0 aliphatic heterocycles. The van der Waals surface area contributed by atoms with Gasteiger partial charge in [0.25, 0.3) is 0 Å². The molecule has 0 bridgehead atoms. The summed E-state index contributed by atoms with van der Waals surface area (Å²) in [5, 5.41) is 8.72. The van der Waals surface area contributed by atoms with Gasteiger partial charge in [0.2, 0.25) is 5.78 Å². The third-order valence-corrected chi connectivity index (χ3v) is 5.11. The number of ketones is 1. The van der Waals surface area contributed by atoms with E-state index in [2.05, 4.69) is 4.98 Å². The Balaban J connectivity index is 1.91. The SMILES string of the molecule is O=C(O)c1ccc(-c2nc(C(=O)c3c(Cl)ccc(F)c3Cl)n3ccccc23)cc1. The van der Waals surface area contributed by atoms with Gasteiger partial charge in [0.15, 0.2) is 5.82 Å². The molecule has 2 aromatic heterocycles. The Hall–Kier alpha value is -3.22. The van der Waals surface area contributed by atoms with Gasteiger partial charge in [-0.3, -0.25) is 9.20 Å². The number of pyridine rings is 1. The number of carbonyl (C=O) groups is 2. The van der Waals surface area contributed by atoms with Gasteiger partial charge in [-0.2, -0.15) is 0 Å². The first-order valence-corrected chi connectivity index (χ1v) is 9.13. The maximum absolute atomic E-state index is 13.9. The molecular weight excluding hydrogens is 418 g/mol. The van der Waals surface area contributed by atoms with Crippen molar-refractivity contribution in [2.45, 2.75) is 0 Å². The quantitative estimate of drug-likeness (QED) is 0.350. The second kappa shape index (κ2) is 7.31. The molecule has 29 heavy (non-hydrogen) atoms. The van der Waals surface area contributed by atoms with Crippen molar-refractivity contribution in [1.82, 2.24) is 9.38 Å². The highest BCUT2D eigenvalue weighted by Crippen LogP contribution is 2.31. The van der Waals surface area contributed by atoms with Crippen LogP contribution in [-0.4, -0.2) is 26.2 Å². The van der Waals surface area contributed by atoms with Gasteiger partial charge in [0.1, 0.15) is 5.82 Å². The maximum atomic E-state index is 13.9. The van der Waals surface area contributed by atoms with E-state index in [-0.39, 0.29) is 27.0 Å². The summed E-state index contributed by atoms with van der Waals surface area (Å²) in [4.78, 5) is 28.7. The van der Waals surface area contributed by atoms with Crippen LogP contribution in [0.5, 0.6) is 0 Å². The van der Waals surface area contributed by atoms with Crippen LogP contribution in [0.15, 0.2) is 60.8 Å². The van der Waals surface area contributed by atoms with Crippen molar-refractivity contribution >= 4 is 40.5 Å². The smallest absolute Gasteiger partial charge is 0.335 e. The molecule has 0 amide bonds. The molecule has 0 saturated carbocycles. The zero-order chi connectivity index (χ0) is 20.7. The van der Waals surface area contributed by atoms with E-state index in [9.17, 15) is 14.0 Å². The van der Waals surface area contributed by atoms with Crippen molar-refractivity contribution in [2.75, 3.05) is 0 Å². The van der Waals surface area contributed by atoms with E-state index in [1.54, 1.807) is 40.9 Å². The fourth-order valence-electron chi connectivity index (χ4n) is 3.03. The Morgan fingerprint density at radius 1 is 1.00 bits per heavy atom.